The zero-order valence-corrected chi connectivity index (χ0v) is 15.5. The Morgan fingerprint density at radius 2 is 1.77 bits per heavy atom. The van der Waals surface area contributed by atoms with Crippen LogP contribution in [0.3, 0.4) is 0 Å². The van der Waals surface area contributed by atoms with Gasteiger partial charge < -0.3 is 19.1 Å². The second-order valence-electron chi connectivity index (χ2n) is 6.61. The predicted octanol–water partition coefficient (Wildman–Crippen LogP) is 0.0306. The van der Waals surface area contributed by atoms with E-state index < -0.39 is 0 Å². The highest BCUT2D eigenvalue weighted by Gasteiger charge is 2.21. The van der Waals surface area contributed by atoms with Crippen molar-refractivity contribution < 1.29 is 14.2 Å². The van der Waals surface area contributed by atoms with Crippen molar-refractivity contribution in [1.82, 2.24) is 4.90 Å². The summed E-state index contributed by atoms with van der Waals surface area (Å²) in [5.74, 6) is 2.49. The van der Waals surface area contributed by atoms with Gasteiger partial charge in [0.15, 0.2) is 0 Å². The van der Waals surface area contributed by atoms with Crippen molar-refractivity contribution in [3.8, 4) is 17.2 Å². The van der Waals surface area contributed by atoms with Crippen molar-refractivity contribution >= 4 is 17.3 Å². The van der Waals surface area contributed by atoms with E-state index in [0.717, 1.165) is 56.1 Å². The summed E-state index contributed by atoms with van der Waals surface area (Å²) in [4.78, 5) is 6.94. The van der Waals surface area contributed by atoms with E-state index in [9.17, 15) is 0 Å². The molecule has 2 aromatic rings. The van der Waals surface area contributed by atoms with Crippen molar-refractivity contribution in [2.24, 2.45) is 4.99 Å². The largest absolute Gasteiger partial charge is 0.496 e. The Morgan fingerprint density at radius 3 is 2.50 bits per heavy atom. The van der Waals surface area contributed by atoms with Crippen LogP contribution in [0.1, 0.15) is 0 Å². The summed E-state index contributed by atoms with van der Waals surface area (Å²) in [7, 11) is 7.43. The number of nitrogens with zero attached hydrogens (tertiary/aromatic N) is 2. The van der Waals surface area contributed by atoms with Gasteiger partial charge in [-0.1, -0.05) is 0 Å². The molecule has 0 atom stereocenters. The minimum atomic E-state index is 0.653. The summed E-state index contributed by atoms with van der Waals surface area (Å²) in [6, 6.07) is 9.91. The van der Waals surface area contributed by atoms with E-state index in [1.54, 1.807) is 14.2 Å². The fourth-order valence-electron chi connectivity index (χ4n) is 3.37. The molecule has 0 spiro atoms. The minimum absolute atomic E-state index is 0.653. The van der Waals surface area contributed by atoms with Crippen LogP contribution >= 0.6 is 0 Å². The molecule has 0 bridgehead atoms. The van der Waals surface area contributed by atoms with Crippen LogP contribution in [-0.2, 0) is 0 Å². The average Bonchev–Trinajstić information content (AvgIpc) is 3.17. The van der Waals surface area contributed by atoms with Crippen LogP contribution in [0.15, 0.2) is 35.3 Å². The monoisotopic (exact) mass is 350 g/mol. The van der Waals surface area contributed by atoms with Crippen LogP contribution in [0.5, 0.6) is 17.2 Å². The molecule has 134 valence electrons. The number of hydrogen-bond acceptors (Lipinski definition) is 5. The summed E-state index contributed by atoms with van der Waals surface area (Å²) in [6.07, 6.45) is 2.13. The fourth-order valence-corrected chi connectivity index (χ4v) is 3.37. The second-order valence-corrected chi connectivity index (χ2v) is 6.61. The molecule has 0 amide bonds. The van der Waals surface area contributed by atoms with Gasteiger partial charge in [0.1, 0.15) is 23.9 Å². The third-order valence-corrected chi connectivity index (χ3v) is 4.69. The molecule has 4 rings (SSSR count). The van der Waals surface area contributed by atoms with E-state index in [1.807, 2.05) is 38.4 Å². The molecule has 0 fully saturated rings. The van der Waals surface area contributed by atoms with Crippen LogP contribution in [0.4, 0.5) is 0 Å². The van der Waals surface area contributed by atoms with Crippen molar-refractivity contribution in [3.05, 3.63) is 51.3 Å². The maximum atomic E-state index is 5.89. The Balaban J connectivity index is 1.86. The quantitative estimate of drug-likeness (QED) is 0.737. The molecule has 0 aromatic heterocycles. The van der Waals surface area contributed by atoms with Gasteiger partial charge in [-0.05, 0) is 50.5 Å². The van der Waals surface area contributed by atoms with Crippen molar-refractivity contribution in [3.63, 3.8) is 0 Å². The number of fused-ring (bicyclic) bond motifs is 3. The van der Waals surface area contributed by atoms with Gasteiger partial charge >= 0.3 is 0 Å². The number of ether oxygens (including phenoxy) is 3. The first-order valence-corrected chi connectivity index (χ1v) is 8.60. The molecule has 0 radical (unpaired) electrons. The van der Waals surface area contributed by atoms with Crippen LogP contribution in [-0.4, -0.2) is 46.4 Å². The number of hydrogen-bond donors (Lipinski definition) is 0. The number of rotatable bonds is 6. The zero-order chi connectivity index (χ0) is 18.3. The molecule has 0 N–H and O–H groups in total. The Kier molecular flexibility index (Phi) is 4.17. The van der Waals surface area contributed by atoms with Gasteiger partial charge in [-0.25, -0.2) is 4.99 Å². The first-order chi connectivity index (χ1) is 12.6. The Labute approximate surface area is 152 Å². The molecule has 1 heterocycles. The molecule has 5 nitrogen and oxygen atoms in total. The van der Waals surface area contributed by atoms with Crippen molar-refractivity contribution in [2.45, 2.75) is 0 Å². The summed E-state index contributed by atoms with van der Waals surface area (Å²) < 4.78 is 17.0. The maximum absolute atomic E-state index is 5.89. The van der Waals surface area contributed by atoms with Gasteiger partial charge in [0.25, 0.3) is 0 Å². The van der Waals surface area contributed by atoms with Gasteiger partial charge in [0.05, 0.1) is 30.5 Å². The highest BCUT2D eigenvalue weighted by molar-refractivity contribution is 6.08. The first-order valence-electron chi connectivity index (χ1n) is 8.60. The van der Waals surface area contributed by atoms with Gasteiger partial charge in [0, 0.05) is 22.6 Å². The standard InChI is InChI=1S/C21H22N2O3/c1-23(2)9-10-26-13-5-6-17-14(11-13)15-12-16-18(24-3)7-8-19(25-4)20(16)21(15)22-17/h5-8,11-12H,9-10H2,1-4H3. The van der Waals surface area contributed by atoms with Crippen molar-refractivity contribution in [2.75, 3.05) is 41.5 Å². The Hall–Kier alpha value is -2.79. The molecule has 2 aliphatic rings. The lowest BCUT2D eigenvalue weighted by Crippen LogP contribution is -2.27. The van der Waals surface area contributed by atoms with Gasteiger partial charge in [0.2, 0.25) is 0 Å². The van der Waals surface area contributed by atoms with Crippen LogP contribution in [0, 0.1) is 0 Å². The molecule has 1 aliphatic carbocycles. The average molecular weight is 350 g/mol. The molecular formula is C21H22N2O3. The van der Waals surface area contributed by atoms with E-state index >= 15 is 0 Å². The third kappa shape index (κ3) is 2.65. The topological polar surface area (TPSA) is 43.3 Å². The number of likely N-dealkylation sites (N-methyl/N-ethyl adjacent to an activating group) is 1. The van der Waals surface area contributed by atoms with Crippen molar-refractivity contribution in [1.29, 1.82) is 0 Å². The van der Waals surface area contributed by atoms with Gasteiger partial charge in [-0.3, -0.25) is 0 Å². The van der Waals surface area contributed by atoms with Gasteiger partial charge in [-0.15, -0.1) is 0 Å². The second kappa shape index (κ2) is 6.50. The number of methoxy groups -OCH3 is 2. The zero-order valence-electron chi connectivity index (χ0n) is 15.5. The fraction of sp³-hybridized carbons (Fsp3) is 0.286. The lowest BCUT2D eigenvalue weighted by atomic mass is 10.1. The highest BCUT2D eigenvalue weighted by atomic mass is 16.5. The molecule has 0 saturated heterocycles. The first kappa shape index (κ1) is 16.7. The molecular weight excluding hydrogens is 328 g/mol. The number of benzene rings is 2. The molecule has 1 aliphatic heterocycles. The third-order valence-electron chi connectivity index (χ3n) is 4.69. The Morgan fingerprint density at radius 1 is 1.00 bits per heavy atom. The van der Waals surface area contributed by atoms with E-state index in [1.165, 1.54) is 0 Å². The van der Waals surface area contributed by atoms with E-state index in [-0.39, 0.29) is 0 Å². The summed E-state index contributed by atoms with van der Waals surface area (Å²) in [6.45, 7) is 1.53. The molecule has 5 heteroatoms. The lowest BCUT2D eigenvalue weighted by Gasteiger charge is -2.10. The Bertz CT molecular complexity index is 1120. The smallest absolute Gasteiger partial charge is 0.129 e. The van der Waals surface area contributed by atoms with Gasteiger partial charge in [-0.2, -0.15) is 0 Å². The molecule has 26 heavy (non-hydrogen) atoms. The molecule has 0 saturated carbocycles. The summed E-state index contributed by atoms with van der Waals surface area (Å²) >= 11 is 0. The van der Waals surface area contributed by atoms with E-state index in [0.29, 0.717) is 6.61 Å². The molecule has 0 unspecified atom stereocenters. The minimum Gasteiger partial charge on any atom is -0.496 e. The van der Waals surface area contributed by atoms with E-state index in [4.69, 9.17) is 19.2 Å². The SMILES string of the molecule is COc1ccc(OC)c2c1=CC1=c3cc(OCCN(C)C)ccc3=NC=21. The van der Waals surface area contributed by atoms with Crippen LogP contribution in [0.2, 0.25) is 0 Å². The maximum Gasteiger partial charge on any atom is 0.129 e. The predicted molar refractivity (Wildman–Crippen MR) is 101 cm³/mol. The van der Waals surface area contributed by atoms with Crippen LogP contribution < -0.4 is 35.2 Å². The molecule has 2 aromatic carbocycles. The summed E-state index contributed by atoms with van der Waals surface area (Å²) in [5, 5.41) is 4.06. The lowest BCUT2D eigenvalue weighted by molar-refractivity contribution is 0.261. The van der Waals surface area contributed by atoms with E-state index in [2.05, 4.69) is 17.0 Å². The normalized spacial score (nSPS) is 13.7. The highest BCUT2D eigenvalue weighted by Crippen LogP contribution is 2.23. The summed E-state index contributed by atoms with van der Waals surface area (Å²) in [5.41, 5.74) is 2.03. The van der Waals surface area contributed by atoms with Crippen LogP contribution in [0.25, 0.3) is 17.3 Å².